The Labute approximate surface area is 137 Å². The van der Waals surface area contributed by atoms with Crippen LogP contribution in [-0.4, -0.2) is 35.8 Å². The molecule has 2 aliphatic heterocycles. The number of rotatable bonds is 3. The van der Waals surface area contributed by atoms with Crippen LogP contribution in [0.15, 0.2) is 24.3 Å². The van der Waals surface area contributed by atoms with Crippen molar-refractivity contribution in [3.8, 4) is 0 Å². The van der Waals surface area contributed by atoms with Crippen LogP contribution in [0.1, 0.15) is 51.0 Å². The Hall–Kier alpha value is -1.84. The number of para-hydroxylation sites is 1. The van der Waals surface area contributed by atoms with Gasteiger partial charge in [-0.25, -0.2) is 0 Å². The summed E-state index contributed by atoms with van der Waals surface area (Å²) in [6.45, 7) is 3.55. The number of anilines is 1. The van der Waals surface area contributed by atoms with E-state index in [-0.39, 0.29) is 23.3 Å². The summed E-state index contributed by atoms with van der Waals surface area (Å²) >= 11 is 0. The molecule has 1 aromatic rings. The maximum Gasteiger partial charge on any atom is 0.249 e. The van der Waals surface area contributed by atoms with Crippen molar-refractivity contribution in [1.82, 2.24) is 4.90 Å². The number of amides is 2. The molecule has 122 valence electrons. The first kappa shape index (κ1) is 14.7. The molecule has 1 aromatic carbocycles. The van der Waals surface area contributed by atoms with Gasteiger partial charge in [0.1, 0.15) is 6.04 Å². The highest BCUT2D eigenvalue weighted by Gasteiger charge is 2.53. The lowest BCUT2D eigenvalue weighted by molar-refractivity contribution is -0.137. The molecule has 4 rings (SSSR count). The molecule has 2 heterocycles. The summed E-state index contributed by atoms with van der Waals surface area (Å²) in [6.07, 6.45) is 5.48. The molecule has 4 heteroatoms. The second-order valence-electron chi connectivity index (χ2n) is 7.22. The maximum atomic E-state index is 13.2. The highest BCUT2D eigenvalue weighted by atomic mass is 16.2. The quantitative estimate of drug-likeness (QED) is 0.861. The van der Waals surface area contributed by atoms with Crippen LogP contribution in [0.5, 0.6) is 0 Å². The fraction of sp³-hybridized carbons (Fsp3) is 0.579. The average molecular weight is 312 g/mol. The standard InChI is InChI=1S/C19H24N2O2/c1-2-6-17(22)20-12-5-9-16(20)18(23)21-13-19(10-11-19)14-7-3-4-8-15(14)21/h3-4,7-8,16H,2,5-6,9-13H2,1H3. The van der Waals surface area contributed by atoms with E-state index in [1.807, 2.05) is 22.8 Å². The molecule has 2 fully saturated rings. The highest BCUT2D eigenvalue weighted by molar-refractivity contribution is 6.01. The van der Waals surface area contributed by atoms with Gasteiger partial charge in [-0.3, -0.25) is 9.59 Å². The van der Waals surface area contributed by atoms with Gasteiger partial charge >= 0.3 is 0 Å². The third-order valence-corrected chi connectivity index (χ3v) is 5.67. The highest BCUT2D eigenvalue weighted by Crippen LogP contribution is 2.56. The largest absolute Gasteiger partial charge is 0.331 e. The van der Waals surface area contributed by atoms with Crippen molar-refractivity contribution in [2.24, 2.45) is 0 Å². The van der Waals surface area contributed by atoms with E-state index in [4.69, 9.17) is 0 Å². The number of nitrogens with zero attached hydrogens (tertiary/aromatic N) is 2. The summed E-state index contributed by atoms with van der Waals surface area (Å²) in [6, 6.07) is 8.06. The molecule has 1 saturated carbocycles. The van der Waals surface area contributed by atoms with Gasteiger partial charge in [0.25, 0.3) is 0 Å². The first-order valence-electron chi connectivity index (χ1n) is 8.87. The van der Waals surface area contributed by atoms with Crippen LogP contribution in [0.3, 0.4) is 0 Å². The van der Waals surface area contributed by atoms with Crippen molar-refractivity contribution >= 4 is 17.5 Å². The molecule has 3 aliphatic rings. The van der Waals surface area contributed by atoms with Crippen molar-refractivity contribution < 1.29 is 9.59 Å². The van der Waals surface area contributed by atoms with Crippen LogP contribution >= 0.6 is 0 Å². The molecular weight excluding hydrogens is 288 g/mol. The monoisotopic (exact) mass is 312 g/mol. The lowest BCUT2D eigenvalue weighted by atomic mass is 9.99. The van der Waals surface area contributed by atoms with Crippen molar-refractivity contribution in [2.75, 3.05) is 18.0 Å². The molecule has 0 N–H and O–H groups in total. The first-order valence-corrected chi connectivity index (χ1v) is 8.87. The second kappa shape index (κ2) is 5.36. The van der Waals surface area contributed by atoms with Crippen molar-refractivity contribution in [3.63, 3.8) is 0 Å². The van der Waals surface area contributed by atoms with E-state index in [0.717, 1.165) is 38.0 Å². The molecule has 1 saturated heterocycles. The summed E-state index contributed by atoms with van der Waals surface area (Å²) < 4.78 is 0. The van der Waals surface area contributed by atoms with Crippen LogP contribution < -0.4 is 4.90 Å². The van der Waals surface area contributed by atoms with Crippen LogP contribution in [0, 0.1) is 0 Å². The lowest BCUT2D eigenvalue weighted by Crippen LogP contribution is -2.48. The van der Waals surface area contributed by atoms with Crippen LogP contribution in [0.2, 0.25) is 0 Å². The minimum atomic E-state index is -0.254. The Morgan fingerprint density at radius 2 is 2.04 bits per heavy atom. The van der Waals surface area contributed by atoms with Crippen LogP contribution in [0.4, 0.5) is 5.69 Å². The smallest absolute Gasteiger partial charge is 0.249 e. The Morgan fingerprint density at radius 1 is 1.26 bits per heavy atom. The van der Waals surface area contributed by atoms with Crippen molar-refractivity contribution in [2.45, 2.75) is 56.9 Å². The van der Waals surface area contributed by atoms with E-state index in [2.05, 4.69) is 18.2 Å². The van der Waals surface area contributed by atoms with Crippen LogP contribution in [-0.2, 0) is 15.0 Å². The summed E-state index contributed by atoms with van der Waals surface area (Å²) in [5.41, 5.74) is 2.62. The summed E-state index contributed by atoms with van der Waals surface area (Å²) in [5.74, 6) is 0.264. The van der Waals surface area contributed by atoms with Crippen LogP contribution in [0.25, 0.3) is 0 Å². The number of fused-ring (bicyclic) bond motifs is 2. The minimum absolute atomic E-state index is 0.128. The topological polar surface area (TPSA) is 40.6 Å². The van der Waals surface area contributed by atoms with Gasteiger partial charge in [0, 0.05) is 30.6 Å². The minimum Gasteiger partial charge on any atom is -0.331 e. The number of hydrogen-bond donors (Lipinski definition) is 0. The SMILES string of the molecule is CCCC(=O)N1CCCC1C(=O)N1CC2(CC2)c2ccccc21. The van der Waals surface area contributed by atoms with Gasteiger partial charge in [0.2, 0.25) is 11.8 Å². The number of carbonyl (C=O) groups is 2. The van der Waals surface area contributed by atoms with Gasteiger partial charge in [-0.2, -0.15) is 0 Å². The average Bonchev–Trinajstić information content (AvgIpc) is 3.05. The zero-order valence-corrected chi connectivity index (χ0v) is 13.8. The Kier molecular flexibility index (Phi) is 3.43. The molecule has 1 spiro atoms. The molecular formula is C19H24N2O2. The fourth-order valence-electron chi connectivity index (χ4n) is 4.26. The predicted molar refractivity (Wildman–Crippen MR) is 89.4 cm³/mol. The molecule has 0 aromatic heterocycles. The fourth-order valence-corrected chi connectivity index (χ4v) is 4.26. The maximum absolute atomic E-state index is 13.2. The summed E-state index contributed by atoms with van der Waals surface area (Å²) in [5, 5.41) is 0. The predicted octanol–water partition coefficient (Wildman–Crippen LogP) is 2.86. The first-order chi connectivity index (χ1) is 11.2. The molecule has 0 bridgehead atoms. The number of carbonyl (C=O) groups excluding carboxylic acids is 2. The van der Waals surface area contributed by atoms with E-state index in [0.29, 0.717) is 6.42 Å². The number of hydrogen-bond acceptors (Lipinski definition) is 2. The third kappa shape index (κ3) is 2.27. The van der Waals surface area contributed by atoms with Gasteiger partial charge in [0.15, 0.2) is 0 Å². The Bertz CT molecular complexity index is 651. The third-order valence-electron chi connectivity index (χ3n) is 5.67. The van der Waals surface area contributed by atoms with E-state index < -0.39 is 0 Å². The number of benzene rings is 1. The zero-order chi connectivity index (χ0) is 16.0. The molecule has 4 nitrogen and oxygen atoms in total. The van der Waals surface area contributed by atoms with Gasteiger partial charge in [-0.05, 0) is 43.7 Å². The van der Waals surface area contributed by atoms with Gasteiger partial charge in [-0.1, -0.05) is 25.1 Å². The normalized spacial score (nSPS) is 24.1. The second-order valence-corrected chi connectivity index (χ2v) is 7.22. The molecule has 1 unspecified atom stereocenters. The lowest BCUT2D eigenvalue weighted by Gasteiger charge is -2.28. The van der Waals surface area contributed by atoms with Gasteiger partial charge in [0.05, 0.1) is 0 Å². The van der Waals surface area contributed by atoms with E-state index in [9.17, 15) is 9.59 Å². The van der Waals surface area contributed by atoms with Crippen molar-refractivity contribution in [3.05, 3.63) is 29.8 Å². The summed E-state index contributed by atoms with van der Waals surface area (Å²) in [4.78, 5) is 29.3. The molecule has 2 amide bonds. The Balaban J connectivity index is 1.59. The van der Waals surface area contributed by atoms with Gasteiger partial charge in [-0.15, -0.1) is 0 Å². The molecule has 23 heavy (non-hydrogen) atoms. The van der Waals surface area contributed by atoms with E-state index in [1.54, 1.807) is 0 Å². The van der Waals surface area contributed by atoms with Gasteiger partial charge < -0.3 is 9.80 Å². The van der Waals surface area contributed by atoms with E-state index in [1.165, 1.54) is 18.4 Å². The van der Waals surface area contributed by atoms with E-state index >= 15 is 0 Å². The summed E-state index contributed by atoms with van der Waals surface area (Å²) in [7, 11) is 0. The van der Waals surface area contributed by atoms with Crippen molar-refractivity contribution in [1.29, 1.82) is 0 Å². The zero-order valence-electron chi connectivity index (χ0n) is 13.8. The Morgan fingerprint density at radius 3 is 2.78 bits per heavy atom. The number of likely N-dealkylation sites (tertiary alicyclic amines) is 1. The molecule has 1 aliphatic carbocycles. The molecule has 0 radical (unpaired) electrons. The molecule has 1 atom stereocenters.